The van der Waals surface area contributed by atoms with E-state index < -0.39 is 17.4 Å². The van der Waals surface area contributed by atoms with Gasteiger partial charge in [0, 0.05) is 17.3 Å². The first kappa shape index (κ1) is 22.8. The molecule has 5 heteroatoms. The summed E-state index contributed by atoms with van der Waals surface area (Å²) < 4.78 is 0. The second kappa shape index (κ2) is 9.97. The Kier molecular flexibility index (Phi) is 9.10. The minimum Gasteiger partial charge on any atom is -0.480 e. The zero-order valence-electron chi connectivity index (χ0n) is 16.3. The van der Waals surface area contributed by atoms with Gasteiger partial charge in [0.15, 0.2) is 0 Å². The van der Waals surface area contributed by atoms with Crippen molar-refractivity contribution in [3.05, 3.63) is 35.9 Å². The summed E-state index contributed by atoms with van der Waals surface area (Å²) in [5.74, 6) is -1.05. The average Bonchev–Trinajstić information content (AvgIpc) is 2.53. The van der Waals surface area contributed by atoms with E-state index in [0.717, 1.165) is 5.56 Å². The molecule has 0 aliphatic rings. The predicted molar refractivity (Wildman–Crippen MR) is 99.4 cm³/mol. The van der Waals surface area contributed by atoms with Crippen LogP contribution in [0.3, 0.4) is 0 Å². The highest BCUT2D eigenvalue weighted by Gasteiger charge is 2.38. The number of amides is 1. The number of carboxylic acid groups (broad SMARTS) is 1. The fourth-order valence-corrected chi connectivity index (χ4v) is 1.89. The number of aliphatic carboxylic acids is 1. The maximum atomic E-state index is 11.8. The molecule has 0 aliphatic carbocycles. The summed E-state index contributed by atoms with van der Waals surface area (Å²) in [5, 5.41) is 12.0. The maximum Gasteiger partial charge on any atom is 0.327 e. The molecule has 5 nitrogen and oxygen atoms in total. The normalized spacial score (nSPS) is 12.2. The van der Waals surface area contributed by atoms with Gasteiger partial charge in [0.25, 0.3) is 0 Å². The van der Waals surface area contributed by atoms with Crippen LogP contribution in [0.25, 0.3) is 0 Å². The van der Waals surface area contributed by atoms with Crippen LogP contribution in [0.15, 0.2) is 30.3 Å². The van der Waals surface area contributed by atoms with Gasteiger partial charge in [0.05, 0.1) is 0 Å². The van der Waals surface area contributed by atoms with E-state index >= 15 is 0 Å². The molecule has 0 saturated carbocycles. The molecular formula is C20H31NO4. The Hall–Kier alpha value is -2.17. The van der Waals surface area contributed by atoms with E-state index in [-0.39, 0.29) is 23.5 Å². The number of carbonyl (C=O) groups is 3. The fraction of sp³-hybridized carbons (Fsp3) is 0.550. The zero-order chi connectivity index (χ0) is 19.8. The van der Waals surface area contributed by atoms with Crippen LogP contribution in [0, 0.1) is 11.8 Å². The molecule has 1 atom stereocenters. The Morgan fingerprint density at radius 1 is 0.960 bits per heavy atom. The van der Waals surface area contributed by atoms with Gasteiger partial charge < -0.3 is 10.4 Å². The molecular weight excluding hydrogens is 318 g/mol. The van der Waals surface area contributed by atoms with Crippen LogP contribution in [0.4, 0.5) is 0 Å². The monoisotopic (exact) mass is 349 g/mol. The van der Waals surface area contributed by atoms with Gasteiger partial charge in [-0.1, -0.05) is 71.9 Å². The van der Waals surface area contributed by atoms with Crippen LogP contribution in [0.1, 0.15) is 54.0 Å². The summed E-state index contributed by atoms with van der Waals surface area (Å²) in [6.45, 7) is 12.5. The molecule has 0 radical (unpaired) electrons. The van der Waals surface area contributed by atoms with Crippen molar-refractivity contribution in [3.8, 4) is 0 Å². The number of carbonyl (C=O) groups excluding carboxylic acids is 2. The van der Waals surface area contributed by atoms with Crippen molar-refractivity contribution < 1.29 is 19.5 Å². The molecule has 1 aromatic carbocycles. The summed E-state index contributed by atoms with van der Waals surface area (Å²) in [7, 11) is 0. The van der Waals surface area contributed by atoms with Crippen molar-refractivity contribution in [2.24, 2.45) is 11.8 Å². The predicted octanol–water partition coefficient (Wildman–Crippen LogP) is 3.42. The Bertz CT molecular complexity index is 577. The molecule has 25 heavy (non-hydrogen) atoms. The van der Waals surface area contributed by atoms with Crippen LogP contribution in [0.2, 0.25) is 0 Å². The third-order valence-electron chi connectivity index (χ3n) is 4.11. The van der Waals surface area contributed by atoms with Gasteiger partial charge in [-0.2, -0.15) is 0 Å². The minimum absolute atomic E-state index is 0.213. The molecule has 0 saturated heterocycles. The molecule has 140 valence electrons. The number of hydrogen-bond acceptors (Lipinski definition) is 3. The standard InChI is InChI=1S/C15H21NO3.C5H10O/c1-10(2)13(17)16-12(14(18)19)15(3,4)11-8-6-5-7-9-11;1-4(2)5(3)6/h5-10,12H,1-4H3,(H,16,17)(H,18,19);4H,1-3H3. The summed E-state index contributed by atoms with van der Waals surface area (Å²) in [5.41, 5.74) is 0.198. The number of Topliss-reactive ketones (excluding diaryl/α,β-unsaturated/α-hetero) is 1. The molecule has 1 rings (SSSR count). The Morgan fingerprint density at radius 2 is 1.40 bits per heavy atom. The van der Waals surface area contributed by atoms with Crippen molar-refractivity contribution in [1.29, 1.82) is 0 Å². The van der Waals surface area contributed by atoms with Crippen molar-refractivity contribution in [2.75, 3.05) is 0 Å². The molecule has 0 fully saturated rings. The molecule has 1 aromatic rings. The quantitative estimate of drug-likeness (QED) is 0.824. The Labute approximate surface area is 150 Å². The van der Waals surface area contributed by atoms with Crippen LogP contribution in [0.5, 0.6) is 0 Å². The highest BCUT2D eigenvalue weighted by atomic mass is 16.4. The first-order valence-electron chi connectivity index (χ1n) is 8.50. The topological polar surface area (TPSA) is 83.5 Å². The summed E-state index contributed by atoms with van der Waals surface area (Å²) in [4.78, 5) is 33.4. The van der Waals surface area contributed by atoms with Gasteiger partial charge in [-0.3, -0.25) is 9.59 Å². The maximum absolute atomic E-state index is 11.8. The van der Waals surface area contributed by atoms with E-state index in [1.165, 1.54) is 0 Å². The number of benzene rings is 1. The highest BCUT2D eigenvalue weighted by molar-refractivity contribution is 5.85. The number of rotatable bonds is 6. The number of hydrogen-bond donors (Lipinski definition) is 2. The van der Waals surface area contributed by atoms with Crippen molar-refractivity contribution >= 4 is 17.7 Å². The van der Waals surface area contributed by atoms with E-state index in [1.54, 1.807) is 20.8 Å². The Morgan fingerprint density at radius 3 is 1.72 bits per heavy atom. The molecule has 0 spiro atoms. The third kappa shape index (κ3) is 7.50. The second-order valence-corrected chi connectivity index (χ2v) is 7.29. The van der Waals surface area contributed by atoms with E-state index in [2.05, 4.69) is 5.32 Å². The molecule has 2 N–H and O–H groups in total. The smallest absolute Gasteiger partial charge is 0.327 e. The molecule has 0 aliphatic heterocycles. The van der Waals surface area contributed by atoms with Gasteiger partial charge in [-0.15, -0.1) is 0 Å². The van der Waals surface area contributed by atoms with Gasteiger partial charge in [0.1, 0.15) is 11.8 Å². The number of ketones is 1. The van der Waals surface area contributed by atoms with E-state index in [4.69, 9.17) is 0 Å². The van der Waals surface area contributed by atoms with Gasteiger partial charge in [-0.05, 0) is 12.5 Å². The van der Waals surface area contributed by atoms with Crippen LogP contribution in [-0.2, 0) is 19.8 Å². The molecule has 1 unspecified atom stereocenters. The lowest BCUT2D eigenvalue weighted by Crippen LogP contribution is -2.53. The fourth-order valence-electron chi connectivity index (χ4n) is 1.89. The van der Waals surface area contributed by atoms with Crippen molar-refractivity contribution in [3.63, 3.8) is 0 Å². The van der Waals surface area contributed by atoms with E-state index in [1.807, 2.05) is 58.0 Å². The van der Waals surface area contributed by atoms with Gasteiger partial charge >= 0.3 is 5.97 Å². The highest BCUT2D eigenvalue weighted by Crippen LogP contribution is 2.27. The molecule has 0 bridgehead atoms. The van der Waals surface area contributed by atoms with E-state index in [0.29, 0.717) is 0 Å². The number of nitrogens with one attached hydrogen (secondary N) is 1. The zero-order valence-corrected chi connectivity index (χ0v) is 16.3. The third-order valence-corrected chi connectivity index (χ3v) is 4.11. The molecule has 0 heterocycles. The van der Waals surface area contributed by atoms with Gasteiger partial charge in [0.2, 0.25) is 5.91 Å². The summed E-state index contributed by atoms with van der Waals surface area (Å²) in [6.07, 6.45) is 0. The lowest BCUT2D eigenvalue weighted by atomic mass is 9.77. The molecule has 1 amide bonds. The average molecular weight is 349 g/mol. The second-order valence-electron chi connectivity index (χ2n) is 7.29. The SMILES string of the molecule is CC(=O)C(C)C.CC(C)C(=O)NC(C(=O)O)C(C)(C)c1ccccc1. The number of carboxylic acids is 1. The Balaban J connectivity index is 0.000000823. The minimum atomic E-state index is -1.03. The van der Waals surface area contributed by atoms with Gasteiger partial charge in [-0.25, -0.2) is 4.79 Å². The van der Waals surface area contributed by atoms with Crippen molar-refractivity contribution in [2.45, 2.75) is 59.9 Å². The summed E-state index contributed by atoms with van der Waals surface area (Å²) in [6, 6.07) is 8.39. The van der Waals surface area contributed by atoms with Crippen molar-refractivity contribution in [1.82, 2.24) is 5.32 Å². The first-order chi connectivity index (χ1) is 11.4. The largest absolute Gasteiger partial charge is 0.480 e. The molecule has 0 aromatic heterocycles. The lowest BCUT2D eigenvalue weighted by Gasteiger charge is -2.33. The van der Waals surface area contributed by atoms with Crippen LogP contribution >= 0.6 is 0 Å². The summed E-state index contributed by atoms with van der Waals surface area (Å²) >= 11 is 0. The van der Waals surface area contributed by atoms with Crippen LogP contribution in [-0.4, -0.2) is 28.8 Å². The van der Waals surface area contributed by atoms with Crippen LogP contribution < -0.4 is 5.32 Å². The lowest BCUT2D eigenvalue weighted by molar-refractivity contribution is -0.144. The first-order valence-corrected chi connectivity index (χ1v) is 8.50. The van der Waals surface area contributed by atoms with E-state index in [9.17, 15) is 19.5 Å².